The molecule has 1 aromatic carbocycles. The van der Waals surface area contributed by atoms with E-state index in [0.29, 0.717) is 6.61 Å². The zero-order chi connectivity index (χ0) is 14.4. The third-order valence-electron chi connectivity index (χ3n) is 2.65. The van der Waals surface area contributed by atoms with Crippen molar-refractivity contribution < 1.29 is 14.3 Å². The van der Waals surface area contributed by atoms with Crippen LogP contribution < -0.4 is 0 Å². The van der Waals surface area contributed by atoms with Gasteiger partial charge in [0.15, 0.2) is 5.78 Å². The van der Waals surface area contributed by atoms with Crippen LogP contribution in [0.2, 0.25) is 0 Å². The second-order valence-electron chi connectivity index (χ2n) is 4.15. The summed E-state index contributed by atoms with van der Waals surface area (Å²) in [5.41, 5.74) is 0. The molecular formula is C15H15NO3S. The Labute approximate surface area is 121 Å². The third kappa shape index (κ3) is 3.81. The van der Waals surface area contributed by atoms with Gasteiger partial charge in [-0.2, -0.15) is 0 Å². The summed E-state index contributed by atoms with van der Waals surface area (Å²) in [6.07, 6.45) is 1.55. The highest BCUT2D eigenvalue weighted by Crippen LogP contribution is 2.25. The molecule has 0 saturated carbocycles. The van der Waals surface area contributed by atoms with Crippen molar-refractivity contribution in [3.8, 4) is 0 Å². The van der Waals surface area contributed by atoms with Crippen LogP contribution in [0.1, 0.15) is 13.3 Å². The second kappa shape index (κ2) is 7.05. The average Bonchev–Trinajstić information content (AvgIpc) is 2.45. The van der Waals surface area contributed by atoms with Gasteiger partial charge in [0.2, 0.25) is 0 Å². The molecule has 2 rings (SSSR count). The topological polar surface area (TPSA) is 56.3 Å². The summed E-state index contributed by atoms with van der Waals surface area (Å²) in [5, 5.41) is 2.91. The quantitative estimate of drug-likeness (QED) is 0.465. The summed E-state index contributed by atoms with van der Waals surface area (Å²) in [6, 6.07) is 9.80. The van der Waals surface area contributed by atoms with E-state index in [1.165, 1.54) is 11.8 Å². The molecule has 0 amide bonds. The summed E-state index contributed by atoms with van der Waals surface area (Å²) in [6.45, 7) is 2.02. The van der Waals surface area contributed by atoms with Crippen LogP contribution in [0, 0.1) is 0 Å². The Morgan fingerprint density at radius 1 is 1.25 bits per heavy atom. The second-order valence-corrected chi connectivity index (χ2v) is 5.11. The lowest BCUT2D eigenvalue weighted by atomic mass is 10.2. The predicted octanol–water partition coefficient (Wildman–Crippen LogP) is 2.85. The first-order valence-electron chi connectivity index (χ1n) is 6.34. The van der Waals surface area contributed by atoms with Gasteiger partial charge in [-0.1, -0.05) is 36.0 Å². The summed E-state index contributed by atoms with van der Waals surface area (Å²) in [7, 11) is 0. The van der Waals surface area contributed by atoms with Crippen LogP contribution in [0.25, 0.3) is 10.8 Å². The molecule has 1 aromatic heterocycles. The molecule has 0 bridgehead atoms. The molecule has 0 aliphatic heterocycles. The number of carbonyl (C=O) groups excluding carboxylic acids is 2. The minimum atomic E-state index is -0.469. The van der Waals surface area contributed by atoms with Gasteiger partial charge in [0.05, 0.1) is 12.4 Å². The number of esters is 1. The fraction of sp³-hybridized carbons (Fsp3) is 0.267. The van der Waals surface area contributed by atoms with E-state index in [-0.39, 0.29) is 18.0 Å². The SMILES string of the molecule is CCOC(=O)CC(=O)CSc1nccc2ccccc12. The van der Waals surface area contributed by atoms with Gasteiger partial charge >= 0.3 is 5.97 Å². The Bertz CT molecular complexity index is 622. The fourth-order valence-corrected chi connectivity index (χ4v) is 2.66. The van der Waals surface area contributed by atoms with Gasteiger partial charge in [-0.05, 0) is 18.4 Å². The number of rotatable bonds is 6. The maximum Gasteiger partial charge on any atom is 0.313 e. The van der Waals surface area contributed by atoms with Gasteiger partial charge < -0.3 is 4.74 Å². The minimum absolute atomic E-state index is 0.150. The van der Waals surface area contributed by atoms with Gasteiger partial charge in [-0.3, -0.25) is 9.59 Å². The monoisotopic (exact) mass is 289 g/mol. The Morgan fingerprint density at radius 3 is 2.85 bits per heavy atom. The van der Waals surface area contributed by atoms with Crippen LogP contribution in [0.5, 0.6) is 0 Å². The van der Waals surface area contributed by atoms with E-state index in [4.69, 9.17) is 4.74 Å². The number of pyridine rings is 1. The summed E-state index contributed by atoms with van der Waals surface area (Å²) >= 11 is 1.35. The van der Waals surface area contributed by atoms with Crippen LogP contribution in [-0.4, -0.2) is 29.1 Å². The Morgan fingerprint density at radius 2 is 2.05 bits per heavy atom. The molecule has 0 fully saturated rings. The van der Waals surface area contributed by atoms with E-state index in [1.807, 2.05) is 30.3 Å². The van der Waals surface area contributed by atoms with Crippen molar-refractivity contribution in [3.05, 3.63) is 36.5 Å². The van der Waals surface area contributed by atoms with Crippen LogP contribution in [0.3, 0.4) is 0 Å². The molecular weight excluding hydrogens is 274 g/mol. The molecule has 20 heavy (non-hydrogen) atoms. The number of nitrogens with zero attached hydrogens (tertiary/aromatic N) is 1. The highest BCUT2D eigenvalue weighted by atomic mass is 32.2. The number of benzene rings is 1. The number of thioether (sulfide) groups is 1. The predicted molar refractivity (Wildman–Crippen MR) is 78.7 cm³/mol. The molecule has 0 radical (unpaired) electrons. The lowest BCUT2D eigenvalue weighted by Gasteiger charge is -2.04. The van der Waals surface area contributed by atoms with E-state index < -0.39 is 5.97 Å². The van der Waals surface area contributed by atoms with Crippen molar-refractivity contribution in [3.63, 3.8) is 0 Å². The highest BCUT2D eigenvalue weighted by Gasteiger charge is 2.12. The minimum Gasteiger partial charge on any atom is -0.466 e. The number of aromatic nitrogens is 1. The van der Waals surface area contributed by atoms with Gasteiger partial charge in [0, 0.05) is 11.6 Å². The largest absolute Gasteiger partial charge is 0.466 e. The summed E-state index contributed by atoms with van der Waals surface area (Å²) in [4.78, 5) is 27.2. The maximum atomic E-state index is 11.7. The van der Waals surface area contributed by atoms with Crippen LogP contribution in [0.15, 0.2) is 41.6 Å². The first kappa shape index (κ1) is 14.5. The Kier molecular flexibility index (Phi) is 5.12. The average molecular weight is 289 g/mol. The van der Waals surface area contributed by atoms with Crippen molar-refractivity contribution in [2.75, 3.05) is 12.4 Å². The molecule has 0 saturated heterocycles. The Balaban J connectivity index is 1.99. The molecule has 0 atom stereocenters. The molecule has 4 nitrogen and oxygen atoms in total. The van der Waals surface area contributed by atoms with Crippen LogP contribution in [-0.2, 0) is 14.3 Å². The normalized spacial score (nSPS) is 10.4. The van der Waals surface area contributed by atoms with Gasteiger partial charge in [0.25, 0.3) is 0 Å². The smallest absolute Gasteiger partial charge is 0.313 e. The standard InChI is InChI=1S/C15H15NO3S/c1-2-19-14(18)9-12(17)10-20-15-13-6-4-3-5-11(13)7-8-16-15/h3-8H,2,9-10H2,1H3. The van der Waals surface area contributed by atoms with E-state index in [2.05, 4.69) is 4.98 Å². The zero-order valence-corrected chi connectivity index (χ0v) is 12.0. The molecule has 0 spiro atoms. The van der Waals surface area contributed by atoms with Crippen molar-refractivity contribution in [2.45, 2.75) is 18.4 Å². The molecule has 1 heterocycles. The van der Waals surface area contributed by atoms with Crippen molar-refractivity contribution in [1.29, 1.82) is 0 Å². The maximum absolute atomic E-state index is 11.7. The number of Topliss-reactive ketones (excluding diaryl/α,β-unsaturated/α-hetero) is 1. The fourth-order valence-electron chi connectivity index (χ4n) is 1.78. The van der Waals surface area contributed by atoms with Gasteiger partial charge in [-0.25, -0.2) is 4.98 Å². The van der Waals surface area contributed by atoms with Crippen molar-refractivity contribution in [1.82, 2.24) is 4.98 Å². The first-order chi connectivity index (χ1) is 9.70. The molecule has 5 heteroatoms. The number of carbonyl (C=O) groups is 2. The number of hydrogen-bond donors (Lipinski definition) is 0. The van der Waals surface area contributed by atoms with E-state index in [9.17, 15) is 9.59 Å². The molecule has 104 valence electrons. The zero-order valence-electron chi connectivity index (χ0n) is 11.2. The molecule has 0 aliphatic carbocycles. The third-order valence-corrected chi connectivity index (χ3v) is 3.72. The Hall–Kier alpha value is -1.88. The van der Waals surface area contributed by atoms with Gasteiger partial charge in [0.1, 0.15) is 11.4 Å². The number of ketones is 1. The van der Waals surface area contributed by atoms with E-state index in [1.54, 1.807) is 13.1 Å². The van der Waals surface area contributed by atoms with E-state index in [0.717, 1.165) is 15.8 Å². The summed E-state index contributed by atoms with van der Waals surface area (Å²) < 4.78 is 4.75. The van der Waals surface area contributed by atoms with Crippen LogP contribution in [0.4, 0.5) is 0 Å². The van der Waals surface area contributed by atoms with Crippen molar-refractivity contribution in [2.24, 2.45) is 0 Å². The van der Waals surface area contributed by atoms with Gasteiger partial charge in [-0.15, -0.1) is 0 Å². The number of ether oxygens (including phenoxy) is 1. The molecule has 0 unspecified atom stereocenters. The number of hydrogen-bond acceptors (Lipinski definition) is 5. The molecule has 2 aromatic rings. The van der Waals surface area contributed by atoms with Crippen LogP contribution >= 0.6 is 11.8 Å². The lowest BCUT2D eigenvalue weighted by molar-refractivity contribution is -0.145. The molecule has 0 aliphatic rings. The lowest BCUT2D eigenvalue weighted by Crippen LogP contribution is -2.12. The molecule has 0 N–H and O–H groups in total. The van der Waals surface area contributed by atoms with E-state index >= 15 is 0 Å². The first-order valence-corrected chi connectivity index (χ1v) is 7.33. The number of fused-ring (bicyclic) bond motifs is 1. The summed E-state index contributed by atoms with van der Waals surface area (Å²) in [5.74, 6) is -0.396. The van der Waals surface area contributed by atoms with Crippen molar-refractivity contribution >= 4 is 34.3 Å². The highest BCUT2D eigenvalue weighted by molar-refractivity contribution is 8.00.